The molecule has 1 aromatic heterocycles. The van der Waals surface area contributed by atoms with Crippen molar-refractivity contribution >= 4 is 16.8 Å². The van der Waals surface area contributed by atoms with Crippen LogP contribution in [0.4, 0.5) is 0 Å². The maximum absolute atomic E-state index is 11.7. The summed E-state index contributed by atoms with van der Waals surface area (Å²) in [6, 6.07) is 15.0. The Labute approximate surface area is 159 Å². The van der Waals surface area contributed by atoms with Crippen LogP contribution in [0.25, 0.3) is 11.0 Å². The van der Waals surface area contributed by atoms with E-state index in [4.69, 9.17) is 9.72 Å². The molecule has 0 radical (unpaired) electrons. The topological polar surface area (TPSA) is 64.3 Å². The van der Waals surface area contributed by atoms with Crippen LogP contribution in [0.3, 0.4) is 0 Å². The minimum absolute atomic E-state index is 0.106. The fourth-order valence-electron chi connectivity index (χ4n) is 3.12. The van der Waals surface area contributed by atoms with Gasteiger partial charge in [0.2, 0.25) is 0 Å². The lowest BCUT2D eigenvalue weighted by Crippen LogP contribution is -2.24. The Morgan fingerprint density at radius 1 is 1.15 bits per heavy atom. The molecule has 5 nitrogen and oxygen atoms in total. The number of carbonyl (C=O) groups is 1. The predicted molar refractivity (Wildman–Crippen MR) is 106 cm³/mol. The van der Waals surface area contributed by atoms with Crippen molar-refractivity contribution < 1.29 is 14.6 Å². The number of aliphatic hydroxyl groups excluding tert-OH is 1. The molecule has 0 aliphatic heterocycles. The monoisotopic (exact) mass is 366 g/mol. The number of imidazole rings is 1. The normalized spacial score (nSPS) is 12.5. The minimum Gasteiger partial charge on any atom is -0.491 e. The highest BCUT2D eigenvalue weighted by atomic mass is 16.5. The number of benzene rings is 2. The van der Waals surface area contributed by atoms with Crippen LogP contribution in [0, 0.1) is 0 Å². The largest absolute Gasteiger partial charge is 0.491 e. The van der Waals surface area contributed by atoms with Crippen molar-refractivity contribution in [2.24, 2.45) is 0 Å². The molecule has 1 N–H and O–H groups in total. The second-order valence-corrected chi connectivity index (χ2v) is 6.99. The molecule has 3 aromatic rings. The zero-order valence-electron chi connectivity index (χ0n) is 16.1. The Morgan fingerprint density at radius 3 is 2.52 bits per heavy atom. The molecular formula is C22H26N2O3. The van der Waals surface area contributed by atoms with E-state index in [1.165, 1.54) is 0 Å². The van der Waals surface area contributed by atoms with Gasteiger partial charge in [-0.1, -0.05) is 32.9 Å². The van der Waals surface area contributed by atoms with E-state index in [0.29, 0.717) is 24.3 Å². The van der Waals surface area contributed by atoms with Crippen molar-refractivity contribution in [2.75, 3.05) is 6.61 Å². The van der Waals surface area contributed by atoms with Crippen molar-refractivity contribution in [2.45, 2.75) is 45.8 Å². The first-order valence-electron chi connectivity index (χ1n) is 9.39. The molecule has 3 rings (SSSR count). The van der Waals surface area contributed by atoms with Gasteiger partial charge in [0.15, 0.2) is 5.78 Å². The summed E-state index contributed by atoms with van der Waals surface area (Å²) in [6.07, 6.45) is -0.187. The fraction of sp³-hybridized carbons (Fsp3) is 0.364. The highest BCUT2D eigenvalue weighted by Crippen LogP contribution is 2.22. The number of rotatable bonds is 8. The second kappa shape index (κ2) is 8.35. The number of aliphatic hydroxyl groups is 1. The third-order valence-corrected chi connectivity index (χ3v) is 4.53. The molecule has 1 heterocycles. The number of nitrogens with zero attached hydrogens (tertiary/aromatic N) is 2. The molecule has 0 aliphatic carbocycles. The van der Waals surface area contributed by atoms with E-state index >= 15 is 0 Å². The molecule has 5 heteroatoms. The van der Waals surface area contributed by atoms with Crippen LogP contribution in [0.2, 0.25) is 0 Å². The summed E-state index contributed by atoms with van der Waals surface area (Å²) in [4.78, 5) is 16.4. The Bertz CT molecular complexity index is 913. The maximum Gasteiger partial charge on any atom is 0.162 e. The third-order valence-electron chi connectivity index (χ3n) is 4.53. The van der Waals surface area contributed by atoms with Crippen molar-refractivity contribution in [3.8, 4) is 5.75 Å². The van der Waals surface area contributed by atoms with E-state index in [1.54, 1.807) is 24.3 Å². The van der Waals surface area contributed by atoms with Gasteiger partial charge in [-0.3, -0.25) is 4.79 Å². The molecule has 0 amide bonds. The van der Waals surface area contributed by atoms with Crippen molar-refractivity contribution in [1.82, 2.24) is 9.55 Å². The van der Waals surface area contributed by atoms with Gasteiger partial charge in [-0.15, -0.1) is 0 Å². The number of hydrogen-bond donors (Lipinski definition) is 1. The lowest BCUT2D eigenvalue weighted by Gasteiger charge is -2.17. The van der Waals surface area contributed by atoms with E-state index in [1.807, 2.05) is 31.2 Å². The molecule has 0 bridgehead atoms. The van der Waals surface area contributed by atoms with Crippen molar-refractivity contribution in [3.63, 3.8) is 0 Å². The van der Waals surface area contributed by atoms with Crippen LogP contribution < -0.4 is 4.74 Å². The van der Waals surface area contributed by atoms with Crippen molar-refractivity contribution in [1.29, 1.82) is 0 Å². The van der Waals surface area contributed by atoms with Gasteiger partial charge in [-0.2, -0.15) is 0 Å². The van der Waals surface area contributed by atoms with Gasteiger partial charge in [0, 0.05) is 17.9 Å². The van der Waals surface area contributed by atoms with Crippen LogP contribution in [-0.4, -0.2) is 33.2 Å². The summed E-state index contributed by atoms with van der Waals surface area (Å²) in [5, 5.41) is 10.5. The molecule has 0 aliphatic rings. The first-order valence-corrected chi connectivity index (χ1v) is 9.39. The van der Waals surface area contributed by atoms with Crippen LogP contribution in [0.5, 0.6) is 5.75 Å². The van der Waals surface area contributed by atoms with Gasteiger partial charge in [-0.05, 0) is 36.4 Å². The smallest absolute Gasteiger partial charge is 0.162 e. The zero-order chi connectivity index (χ0) is 19.4. The van der Waals surface area contributed by atoms with Gasteiger partial charge >= 0.3 is 0 Å². The number of ether oxygens (including phenoxy) is 1. The summed E-state index contributed by atoms with van der Waals surface area (Å²) in [5.41, 5.74) is 2.63. The Kier molecular flexibility index (Phi) is 5.91. The minimum atomic E-state index is -0.669. The average molecular weight is 366 g/mol. The van der Waals surface area contributed by atoms with Crippen LogP contribution >= 0.6 is 0 Å². The van der Waals surface area contributed by atoms with E-state index in [9.17, 15) is 9.90 Å². The molecule has 1 atom stereocenters. The van der Waals surface area contributed by atoms with E-state index in [0.717, 1.165) is 16.9 Å². The molecule has 2 aromatic carbocycles. The lowest BCUT2D eigenvalue weighted by molar-refractivity contribution is 0.0924. The van der Waals surface area contributed by atoms with E-state index in [2.05, 4.69) is 18.4 Å². The maximum atomic E-state index is 11.7. The molecule has 142 valence electrons. The third kappa shape index (κ3) is 4.37. The SMILES string of the molecule is CCC(=O)c1ccc(OCC(O)Cn2c(C(C)C)nc3ccccc32)cc1. The molecular weight excluding hydrogens is 340 g/mol. The number of ketones is 1. The van der Waals surface area contributed by atoms with Crippen LogP contribution in [0.1, 0.15) is 49.3 Å². The Morgan fingerprint density at radius 2 is 1.85 bits per heavy atom. The quantitative estimate of drug-likeness (QED) is 0.607. The molecule has 0 spiro atoms. The first kappa shape index (κ1) is 19.1. The summed E-state index contributed by atoms with van der Waals surface area (Å²) >= 11 is 0. The molecule has 0 fully saturated rings. The summed E-state index contributed by atoms with van der Waals surface area (Å²) in [7, 11) is 0. The van der Waals surface area contributed by atoms with Gasteiger partial charge in [0.1, 0.15) is 24.3 Å². The summed E-state index contributed by atoms with van der Waals surface area (Å²) in [6.45, 7) is 6.62. The van der Waals surface area contributed by atoms with Gasteiger partial charge in [0.25, 0.3) is 0 Å². The Hall–Kier alpha value is -2.66. The van der Waals surface area contributed by atoms with Crippen molar-refractivity contribution in [3.05, 3.63) is 59.9 Å². The standard InChI is InChI=1S/C22H26N2O3/c1-4-21(26)16-9-11-18(12-10-16)27-14-17(25)13-24-20-8-6-5-7-19(20)23-22(24)15(2)3/h5-12,15,17,25H,4,13-14H2,1-3H3. The fourth-order valence-corrected chi connectivity index (χ4v) is 3.12. The Balaban J connectivity index is 1.67. The van der Waals surface area contributed by atoms with E-state index in [-0.39, 0.29) is 18.3 Å². The van der Waals surface area contributed by atoms with E-state index < -0.39 is 6.10 Å². The molecule has 0 saturated heterocycles. The molecule has 0 saturated carbocycles. The van der Waals surface area contributed by atoms with Gasteiger partial charge in [-0.25, -0.2) is 4.98 Å². The highest BCUT2D eigenvalue weighted by molar-refractivity contribution is 5.95. The van der Waals surface area contributed by atoms with Crippen LogP contribution in [-0.2, 0) is 6.54 Å². The highest BCUT2D eigenvalue weighted by Gasteiger charge is 2.16. The lowest BCUT2D eigenvalue weighted by atomic mass is 10.1. The number of carbonyl (C=O) groups excluding carboxylic acids is 1. The average Bonchev–Trinajstić information content (AvgIpc) is 3.05. The number of hydrogen-bond acceptors (Lipinski definition) is 4. The first-order chi connectivity index (χ1) is 13.0. The zero-order valence-corrected chi connectivity index (χ0v) is 16.1. The van der Waals surface area contributed by atoms with Crippen LogP contribution in [0.15, 0.2) is 48.5 Å². The second-order valence-electron chi connectivity index (χ2n) is 6.99. The number of Topliss-reactive ketones (excluding diaryl/α,β-unsaturated/α-hetero) is 1. The summed E-state index contributed by atoms with van der Waals surface area (Å²) < 4.78 is 7.77. The number of aromatic nitrogens is 2. The molecule has 1 unspecified atom stereocenters. The van der Waals surface area contributed by atoms with Gasteiger partial charge in [0.05, 0.1) is 17.6 Å². The number of fused-ring (bicyclic) bond motifs is 1. The summed E-state index contributed by atoms with van der Waals surface area (Å²) in [5.74, 6) is 1.96. The number of para-hydroxylation sites is 2. The van der Waals surface area contributed by atoms with Gasteiger partial charge < -0.3 is 14.4 Å². The molecule has 27 heavy (non-hydrogen) atoms. The predicted octanol–water partition coefficient (Wildman–Crippen LogP) is 4.19.